The molecule has 3 aromatic rings. The van der Waals surface area contributed by atoms with Gasteiger partial charge in [0.15, 0.2) is 0 Å². The van der Waals surface area contributed by atoms with E-state index in [0.29, 0.717) is 6.07 Å². The zero-order valence-corrected chi connectivity index (χ0v) is 16.6. The lowest BCUT2D eigenvalue weighted by atomic mass is 10.1. The van der Waals surface area contributed by atoms with Crippen LogP contribution in [0.2, 0.25) is 0 Å². The van der Waals surface area contributed by atoms with E-state index >= 15 is 0 Å². The van der Waals surface area contributed by atoms with Crippen molar-refractivity contribution in [2.24, 2.45) is 0 Å². The van der Waals surface area contributed by atoms with Crippen LogP contribution in [0, 0.1) is 0 Å². The summed E-state index contributed by atoms with van der Waals surface area (Å²) in [7, 11) is -4.30. The van der Waals surface area contributed by atoms with Crippen LogP contribution in [0.25, 0.3) is 0 Å². The topological polar surface area (TPSA) is 63.2 Å². The standard InChI is InChI=1S/C21H13F6NO3S/c22-20(23,24)14-3-1-5-16(11-14)28-19(29)13-7-9-17(10-8-13)32(30,31)18-6-2-4-15(12-18)21(25,26)27/h1-12H,(H,28,29). The van der Waals surface area contributed by atoms with Crippen LogP contribution >= 0.6 is 0 Å². The maximum atomic E-state index is 12.9. The zero-order chi connectivity index (χ0) is 23.7. The molecule has 0 spiro atoms. The smallest absolute Gasteiger partial charge is 0.322 e. The third-order valence-corrected chi connectivity index (χ3v) is 6.11. The average Bonchev–Trinajstić information content (AvgIpc) is 2.73. The fourth-order valence-corrected chi connectivity index (χ4v) is 4.04. The summed E-state index contributed by atoms with van der Waals surface area (Å²) >= 11 is 0. The Labute approximate surface area is 178 Å². The summed E-state index contributed by atoms with van der Waals surface area (Å²) in [6.07, 6.45) is -9.32. The summed E-state index contributed by atoms with van der Waals surface area (Å²) in [5.41, 5.74) is -2.27. The van der Waals surface area contributed by atoms with E-state index < -0.39 is 44.1 Å². The van der Waals surface area contributed by atoms with Gasteiger partial charge < -0.3 is 5.32 Å². The summed E-state index contributed by atoms with van der Waals surface area (Å²) in [5.74, 6) is -0.799. The molecule has 3 aromatic carbocycles. The number of hydrogen-bond donors (Lipinski definition) is 1. The Bertz CT molecular complexity index is 1250. The van der Waals surface area contributed by atoms with Crippen molar-refractivity contribution in [1.29, 1.82) is 0 Å². The molecule has 0 saturated carbocycles. The molecule has 1 N–H and O–H groups in total. The predicted octanol–water partition coefficient (Wildman–Crippen LogP) is 5.81. The third kappa shape index (κ3) is 5.10. The van der Waals surface area contributed by atoms with Crippen LogP contribution in [0.3, 0.4) is 0 Å². The largest absolute Gasteiger partial charge is 0.416 e. The highest BCUT2D eigenvalue weighted by molar-refractivity contribution is 7.91. The van der Waals surface area contributed by atoms with Crippen molar-refractivity contribution < 1.29 is 39.6 Å². The average molecular weight is 473 g/mol. The van der Waals surface area contributed by atoms with Gasteiger partial charge in [0.2, 0.25) is 9.84 Å². The summed E-state index contributed by atoms with van der Waals surface area (Å²) < 4.78 is 102. The summed E-state index contributed by atoms with van der Waals surface area (Å²) in [6, 6.07) is 11.4. The van der Waals surface area contributed by atoms with Crippen molar-refractivity contribution in [2.45, 2.75) is 22.1 Å². The fraction of sp³-hybridized carbons (Fsp3) is 0.0952. The SMILES string of the molecule is O=C(Nc1cccc(C(F)(F)F)c1)c1ccc(S(=O)(=O)c2cccc(C(F)(F)F)c2)cc1. The highest BCUT2D eigenvalue weighted by Crippen LogP contribution is 2.32. The van der Waals surface area contributed by atoms with Gasteiger partial charge >= 0.3 is 12.4 Å². The van der Waals surface area contributed by atoms with E-state index in [2.05, 4.69) is 5.32 Å². The van der Waals surface area contributed by atoms with Crippen molar-refractivity contribution in [3.05, 3.63) is 89.5 Å². The van der Waals surface area contributed by atoms with E-state index in [0.717, 1.165) is 60.7 Å². The predicted molar refractivity (Wildman–Crippen MR) is 103 cm³/mol. The Morgan fingerprint density at radius 3 is 1.78 bits per heavy atom. The van der Waals surface area contributed by atoms with E-state index in [1.54, 1.807) is 0 Å². The molecule has 0 saturated heterocycles. The molecule has 0 heterocycles. The summed E-state index contributed by atoms with van der Waals surface area (Å²) in [6.45, 7) is 0. The van der Waals surface area contributed by atoms with Crippen molar-refractivity contribution in [3.63, 3.8) is 0 Å². The number of carbonyl (C=O) groups excluding carboxylic acids is 1. The molecule has 0 aliphatic carbocycles. The molecule has 11 heteroatoms. The minimum atomic E-state index is -4.73. The second kappa shape index (κ2) is 8.30. The number of amides is 1. The molecule has 0 bridgehead atoms. The number of rotatable bonds is 4. The number of halogens is 6. The van der Waals surface area contributed by atoms with Gasteiger partial charge in [-0.2, -0.15) is 26.3 Å². The molecule has 0 aromatic heterocycles. The zero-order valence-electron chi connectivity index (χ0n) is 15.8. The van der Waals surface area contributed by atoms with Crippen LogP contribution in [-0.4, -0.2) is 14.3 Å². The number of benzene rings is 3. The molecule has 0 aliphatic rings. The van der Waals surface area contributed by atoms with Crippen LogP contribution < -0.4 is 5.32 Å². The van der Waals surface area contributed by atoms with Crippen molar-refractivity contribution in [1.82, 2.24) is 0 Å². The molecule has 4 nitrogen and oxygen atoms in total. The normalized spacial score (nSPS) is 12.4. The molecule has 1 amide bonds. The lowest BCUT2D eigenvalue weighted by molar-refractivity contribution is -0.138. The van der Waals surface area contributed by atoms with Crippen LogP contribution in [0.1, 0.15) is 21.5 Å². The molecular weight excluding hydrogens is 460 g/mol. The second-order valence-corrected chi connectivity index (χ2v) is 8.54. The van der Waals surface area contributed by atoms with Gasteiger partial charge in [-0.25, -0.2) is 8.42 Å². The van der Waals surface area contributed by atoms with Gasteiger partial charge in [0, 0.05) is 11.3 Å². The number of sulfone groups is 1. The Balaban J connectivity index is 1.83. The van der Waals surface area contributed by atoms with Gasteiger partial charge in [-0.1, -0.05) is 12.1 Å². The highest BCUT2D eigenvalue weighted by Gasteiger charge is 2.32. The van der Waals surface area contributed by atoms with E-state index in [1.165, 1.54) is 6.07 Å². The maximum Gasteiger partial charge on any atom is 0.416 e. The first-order chi connectivity index (χ1) is 14.8. The Kier molecular flexibility index (Phi) is 6.05. The molecule has 0 radical (unpaired) electrons. The molecule has 32 heavy (non-hydrogen) atoms. The first-order valence-electron chi connectivity index (χ1n) is 8.79. The number of nitrogens with one attached hydrogen (secondary N) is 1. The lowest BCUT2D eigenvalue weighted by Crippen LogP contribution is -2.13. The molecule has 3 rings (SSSR count). The summed E-state index contributed by atoms with van der Waals surface area (Å²) in [5, 5.41) is 2.27. The van der Waals surface area contributed by atoms with Crippen molar-refractivity contribution >= 4 is 21.4 Å². The quantitative estimate of drug-likeness (QED) is 0.487. The van der Waals surface area contributed by atoms with Crippen LogP contribution in [0.4, 0.5) is 32.0 Å². The number of carbonyl (C=O) groups is 1. The number of hydrogen-bond acceptors (Lipinski definition) is 3. The summed E-state index contributed by atoms with van der Waals surface area (Å²) in [4.78, 5) is 11.4. The second-order valence-electron chi connectivity index (χ2n) is 6.59. The third-order valence-electron chi connectivity index (χ3n) is 4.35. The monoisotopic (exact) mass is 473 g/mol. The Morgan fingerprint density at radius 2 is 1.22 bits per heavy atom. The molecule has 0 aliphatic heterocycles. The van der Waals surface area contributed by atoms with Gasteiger partial charge in [0.25, 0.3) is 5.91 Å². The van der Waals surface area contributed by atoms with Crippen LogP contribution in [0.5, 0.6) is 0 Å². The minimum absolute atomic E-state index is 0.0644. The van der Waals surface area contributed by atoms with Crippen LogP contribution in [0.15, 0.2) is 82.6 Å². The van der Waals surface area contributed by atoms with Crippen molar-refractivity contribution in [2.75, 3.05) is 5.32 Å². The minimum Gasteiger partial charge on any atom is -0.322 e. The van der Waals surface area contributed by atoms with E-state index in [-0.39, 0.29) is 16.1 Å². The van der Waals surface area contributed by atoms with E-state index in [4.69, 9.17) is 0 Å². The number of anilines is 1. The van der Waals surface area contributed by atoms with Gasteiger partial charge in [-0.15, -0.1) is 0 Å². The highest BCUT2D eigenvalue weighted by atomic mass is 32.2. The van der Waals surface area contributed by atoms with Crippen molar-refractivity contribution in [3.8, 4) is 0 Å². The lowest BCUT2D eigenvalue weighted by Gasteiger charge is -2.11. The van der Waals surface area contributed by atoms with Gasteiger partial charge in [0.05, 0.1) is 20.9 Å². The first kappa shape index (κ1) is 23.3. The fourth-order valence-electron chi connectivity index (χ4n) is 2.74. The first-order valence-corrected chi connectivity index (χ1v) is 10.3. The number of alkyl halides is 6. The molecule has 0 fully saturated rings. The molecule has 0 atom stereocenters. The molecule has 168 valence electrons. The van der Waals surface area contributed by atoms with Crippen LogP contribution in [-0.2, 0) is 22.2 Å². The molecule has 0 unspecified atom stereocenters. The van der Waals surface area contributed by atoms with Gasteiger partial charge in [0.1, 0.15) is 0 Å². The Morgan fingerprint density at radius 1 is 0.688 bits per heavy atom. The van der Waals surface area contributed by atoms with Gasteiger partial charge in [-0.05, 0) is 60.7 Å². The Hall–Kier alpha value is -3.34. The van der Waals surface area contributed by atoms with E-state index in [1.807, 2.05) is 0 Å². The molecular formula is C21H13F6NO3S. The van der Waals surface area contributed by atoms with E-state index in [9.17, 15) is 39.6 Å². The maximum absolute atomic E-state index is 12.9. The van der Waals surface area contributed by atoms with Gasteiger partial charge in [-0.3, -0.25) is 4.79 Å².